The van der Waals surface area contributed by atoms with Crippen LogP contribution in [0.3, 0.4) is 0 Å². The number of thiophene rings is 1. The van der Waals surface area contributed by atoms with Crippen molar-refractivity contribution in [1.29, 1.82) is 0 Å². The van der Waals surface area contributed by atoms with Gasteiger partial charge in [-0.05, 0) is 95.1 Å². The molecule has 4 nitrogen and oxygen atoms in total. The number of para-hydroxylation sites is 4. The number of imidazole rings is 1. The summed E-state index contributed by atoms with van der Waals surface area (Å²) in [7, 11) is 0. The Hall–Kier alpha value is -7.73. The molecule has 0 aliphatic carbocycles. The minimum absolute atomic E-state index is 0.826. The zero-order valence-corrected chi connectivity index (χ0v) is 33.0. The van der Waals surface area contributed by atoms with Gasteiger partial charge in [0.15, 0.2) is 0 Å². The molecule has 4 aromatic heterocycles. The summed E-state index contributed by atoms with van der Waals surface area (Å²) in [5.41, 5.74) is 13.8. The molecule has 0 unspecified atom stereocenters. The summed E-state index contributed by atoms with van der Waals surface area (Å²) in [6.45, 7) is 0. The summed E-state index contributed by atoms with van der Waals surface area (Å²) in [5.74, 6) is 0.876. The third-order valence-electron chi connectivity index (χ3n) is 12.1. The van der Waals surface area contributed by atoms with E-state index in [4.69, 9.17) is 9.40 Å². The first kappa shape index (κ1) is 33.3. The average molecular weight is 784 g/mol. The Morgan fingerprint density at radius 3 is 2.02 bits per heavy atom. The van der Waals surface area contributed by atoms with Crippen molar-refractivity contribution in [2.75, 3.05) is 0 Å². The first-order chi connectivity index (χ1) is 29.7. The topological polar surface area (TPSA) is 35.9 Å². The highest BCUT2D eigenvalue weighted by atomic mass is 32.1. The SMILES string of the molecule is c1ccc(-c2cc(-c3nc4ccccc4n3-c3ccccc3)c3c(c2)oc2cc(-n4c5ccccc5c5cc(-c6cccc7c6sc6ccccc67)ccc54)ccc23)cc1. The van der Waals surface area contributed by atoms with Crippen molar-refractivity contribution in [2.45, 2.75) is 0 Å². The van der Waals surface area contributed by atoms with Crippen molar-refractivity contribution >= 4 is 86.3 Å². The summed E-state index contributed by atoms with van der Waals surface area (Å²) in [6.07, 6.45) is 0. The molecule has 5 heteroatoms. The molecule has 4 heterocycles. The van der Waals surface area contributed by atoms with Crippen molar-refractivity contribution < 1.29 is 4.42 Å². The first-order valence-electron chi connectivity index (χ1n) is 20.3. The first-order valence-corrected chi connectivity index (χ1v) is 21.1. The fourth-order valence-electron chi connectivity index (χ4n) is 9.45. The maximum absolute atomic E-state index is 6.95. The van der Waals surface area contributed by atoms with Gasteiger partial charge in [0, 0.05) is 64.7 Å². The molecule has 9 aromatic carbocycles. The van der Waals surface area contributed by atoms with Gasteiger partial charge < -0.3 is 8.98 Å². The molecule has 280 valence electrons. The number of benzene rings is 9. The normalized spacial score (nSPS) is 12.0. The quantitative estimate of drug-likeness (QED) is 0.174. The van der Waals surface area contributed by atoms with E-state index in [1.165, 1.54) is 42.1 Å². The number of fused-ring (bicyclic) bond motifs is 10. The monoisotopic (exact) mass is 783 g/mol. The van der Waals surface area contributed by atoms with Crippen LogP contribution in [-0.2, 0) is 0 Å². The molecular weight excluding hydrogens is 751 g/mol. The van der Waals surface area contributed by atoms with Crippen molar-refractivity contribution in [1.82, 2.24) is 14.1 Å². The molecular formula is C55H33N3OS. The molecule has 13 rings (SSSR count). The van der Waals surface area contributed by atoms with Gasteiger partial charge in [-0.25, -0.2) is 4.98 Å². The second-order valence-corrected chi connectivity index (χ2v) is 16.6. The number of aromatic nitrogens is 3. The molecule has 0 aliphatic rings. The summed E-state index contributed by atoms with van der Waals surface area (Å²) in [5, 5.41) is 7.17. The summed E-state index contributed by atoms with van der Waals surface area (Å²) >= 11 is 1.88. The summed E-state index contributed by atoms with van der Waals surface area (Å²) < 4.78 is 14.3. The van der Waals surface area contributed by atoms with E-state index in [1.807, 2.05) is 11.3 Å². The highest BCUT2D eigenvalue weighted by molar-refractivity contribution is 7.26. The van der Waals surface area contributed by atoms with Gasteiger partial charge >= 0.3 is 0 Å². The Morgan fingerprint density at radius 2 is 1.13 bits per heavy atom. The lowest BCUT2D eigenvalue weighted by atomic mass is 9.98. The fourth-order valence-corrected chi connectivity index (χ4v) is 10.7. The zero-order valence-electron chi connectivity index (χ0n) is 32.2. The minimum atomic E-state index is 0.826. The average Bonchev–Trinajstić information content (AvgIpc) is 4.08. The zero-order chi connectivity index (χ0) is 39.3. The van der Waals surface area contributed by atoms with Crippen molar-refractivity contribution in [2.24, 2.45) is 0 Å². The molecule has 13 aromatic rings. The third-order valence-corrected chi connectivity index (χ3v) is 13.3. The Labute approximate surface area is 348 Å². The van der Waals surface area contributed by atoms with Gasteiger partial charge in [-0.2, -0.15) is 0 Å². The number of hydrogen-bond donors (Lipinski definition) is 0. The van der Waals surface area contributed by atoms with Gasteiger partial charge in [0.1, 0.15) is 17.0 Å². The van der Waals surface area contributed by atoms with Crippen LogP contribution in [0.1, 0.15) is 0 Å². The van der Waals surface area contributed by atoms with Crippen LogP contribution in [0.25, 0.3) is 120 Å². The predicted molar refractivity (Wildman–Crippen MR) is 252 cm³/mol. The van der Waals surface area contributed by atoms with E-state index in [2.05, 4.69) is 209 Å². The van der Waals surface area contributed by atoms with Crippen LogP contribution in [0.2, 0.25) is 0 Å². The Bertz CT molecular complexity index is 3830. The van der Waals surface area contributed by atoms with Crippen molar-refractivity contribution in [3.8, 4) is 45.0 Å². The number of rotatable bonds is 5. The maximum Gasteiger partial charge on any atom is 0.146 e. The van der Waals surface area contributed by atoms with Gasteiger partial charge in [-0.1, -0.05) is 121 Å². The van der Waals surface area contributed by atoms with Crippen LogP contribution in [0.5, 0.6) is 0 Å². The van der Waals surface area contributed by atoms with Crippen LogP contribution >= 0.6 is 11.3 Å². The third kappa shape index (κ3) is 4.93. The van der Waals surface area contributed by atoms with Gasteiger partial charge in [-0.3, -0.25) is 4.57 Å². The number of nitrogens with zero attached hydrogens (tertiary/aromatic N) is 3. The molecule has 0 aliphatic heterocycles. The van der Waals surface area contributed by atoms with Crippen LogP contribution in [0.15, 0.2) is 205 Å². The van der Waals surface area contributed by atoms with Gasteiger partial charge in [0.05, 0.1) is 22.1 Å². The van der Waals surface area contributed by atoms with Crippen molar-refractivity contribution in [3.05, 3.63) is 200 Å². The van der Waals surface area contributed by atoms with E-state index < -0.39 is 0 Å². The van der Waals surface area contributed by atoms with Crippen molar-refractivity contribution in [3.63, 3.8) is 0 Å². The minimum Gasteiger partial charge on any atom is -0.456 e. The lowest BCUT2D eigenvalue weighted by molar-refractivity contribution is 0.669. The predicted octanol–water partition coefficient (Wildman–Crippen LogP) is 15.4. The second-order valence-electron chi connectivity index (χ2n) is 15.5. The van der Waals surface area contributed by atoms with E-state index in [1.54, 1.807) is 0 Å². The molecule has 0 atom stereocenters. The lowest BCUT2D eigenvalue weighted by Gasteiger charge is -2.12. The lowest BCUT2D eigenvalue weighted by Crippen LogP contribution is -1.98. The van der Waals surface area contributed by atoms with Crippen LogP contribution < -0.4 is 0 Å². The highest BCUT2D eigenvalue weighted by Gasteiger charge is 2.23. The van der Waals surface area contributed by atoms with Crippen LogP contribution in [0.4, 0.5) is 0 Å². The second kappa shape index (κ2) is 12.9. The van der Waals surface area contributed by atoms with E-state index in [0.29, 0.717) is 0 Å². The largest absolute Gasteiger partial charge is 0.456 e. The van der Waals surface area contributed by atoms with Gasteiger partial charge in [0.25, 0.3) is 0 Å². The maximum atomic E-state index is 6.95. The van der Waals surface area contributed by atoms with E-state index in [-0.39, 0.29) is 0 Å². The standard InChI is InChI=1S/C55H33N3OS/c1-3-14-34(15-4-1)36-31-45(55-56-46-22-9-11-24-49(46)58(55)37-16-5-2-6-17-37)53-43-28-27-38(33-50(43)59-51(53)32-36)57-47-23-10-7-18-40(47)44-30-35(26-29-48(44)57)39-20-13-21-42-41-19-8-12-25-52(41)60-54(39)42/h1-33H. The molecule has 0 radical (unpaired) electrons. The highest BCUT2D eigenvalue weighted by Crippen LogP contribution is 2.44. The molecule has 0 bridgehead atoms. The molecule has 0 saturated carbocycles. The Morgan fingerprint density at radius 1 is 0.400 bits per heavy atom. The molecule has 0 saturated heterocycles. The molecule has 60 heavy (non-hydrogen) atoms. The fraction of sp³-hybridized carbons (Fsp3) is 0. The number of furan rings is 1. The number of hydrogen-bond acceptors (Lipinski definition) is 3. The van der Waals surface area contributed by atoms with Crippen LogP contribution in [0, 0.1) is 0 Å². The molecule has 0 spiro atoms. The Kier molecular flexibility index (Phi) is 7.14. The Balaban J connectivity index is 1.03. The van der Waals surface area contributed by atoms with E-state index in [9.17, 15) is 0 Å². The molecule has 0 N–H and O–H groups in total. The molecule has 0 fully saturated rings. The summed E-state index contributed by atoms with van der Waals surface area (Å²) in [6, 6.07) is 71.7. The van der Waals surface area contributed by atoms with Crippen LogP contribution in [-0.4, -0.2) is 14.1 Å². The van der Waals surface area contributed by atoms with E-state index >= 15 is 0 Å². The smallest absolute Gasteiger partial charge is 0.146 e. The van der Waals surface area contributed by atoms with Gasteiger partial charge in [0.2, 0.25) is 0 Å². The van der Waals surface area contributed by atoms with Gasteiger partial charge in [-0.15, -0.1) is 11.3 Å². The molecule has 0 amide bonds. The summed E-state index contributed by atoms with van der Waals surface area (Å²) in [4.78, 5) is 5.33. The van der Waals surface area contributed by atoms with E-state index in [0.717, 1.165) is 77.9 Å².